The van der Waals surface area contributed by atoms with Crippen molar-refractivity contribution in [3.63, 3.8) is 0 Å². The van der Waals surface area contributed by atoms with Crippen LogP contribution in [-0.2, 0) is 22.6 Å². The number of aryl methyl sites for hydroxylation is 1. The number of esters is 1. The maximum absolute atomic E-state index is 12.4. The van der Waals surface area contributed by atoms with Crippen LogP contribution in [0.5, 0.6) is 5.75 Å². The molecule has 32 heavy (non-hydrogen) atoms. The highest BCUT2D eigenvalue weighted by Gasteiger charge is 2.20. The number of para-hydroxylation sites is 1. The van der Waals surface area contributed by atoms with Crippen molar-refractivity contribution in [2.45, 2.75) is 40.7 Å². The second-order valence-electron chi connectivity index (χ2n) is 7.76. The van der Waals surface area contributed by atoms with Crippen molar-refractivity contribution in [1.82, 2.24) is 4.98 Å². The Morgan fingerprint density at radius 3 is 2.47 bits per heavy atom. The second-order valence-corrected chi connectivity index (χ2v) is 8.60. The van der Waals surface area contributed by atoms with Gasteiger partial charge in [-0.05, 0) is 48.2 Å². The topological polar surface area (TPSA) is 68.7 Å². The summed E-state index contributed by atoms with van der Waals surface area (Å²) in [6.45, 7) is 8.37. The number of thiazole rings is 1. The van der Waals surface area contributed by atoms with E-state index in [9.17, 15) is 9.59 Å². The first kappa shape index (κ1) is 23.5. The molecule has 1 aromatic heterocycles. The zero-order valence-electron chi connectivity index (χ0n) is 18.8. The molecule has 0 aliphatic rings. The van der Waals surface area contributed by atoms with Crippen molar-refractivity contribution in [1.29, 1.82) is 0 Å². The van der Waals surface area contributed by atoms with Crippen LogP contribution in [0.2, 0.25) is 0 Å². The summed E-state index contributed by atoms with van der Waals surface area (Å²) in [5.41, 5.74) is 2.92. The van der Waals surface area contributed by atoms with Gasteiger partial charge in [-0.15, -0.1) is 11.3 Å². The summed E-state index contributed by atoms with van der Waals surface area (Å²) in [4.78, 5) is 30.9. The lowest BCUT2D eigenvalue weighted by Gasteiger charge is -2.20. The summed E-state index contributed by atoms with van der Waals surface area (Å²) in [7, 11) is 0. The lowest BCUT2D eigenvalue weighted by atomic mass is 10.1. The van der Waals surface area contributed by atoms with Gasteiger partial charge in [0.2, 0.25) is 5.91 Å². The highest BCUT2D eigenvalue weighted by atomic mass is 32.1. The van der Waals surface area contributed by atoms with Gasteiger partial charge in [0.1, 0.15) is 12.4 Å². The van der Waals surface area contributed by atoms with Crippen molar-refractivity contribution in [2.24, 2.45) is 5.92 Å². The molecule has 1 amide bonds. The monoisotopic (exact) mass is 452 g/mol. The molecule has 7 heteroatoms. The molecule has 168 valence electrons. The summed E-state index contributed by atoms with van der Waals surface area (Å²) in [5.74, 6) is 0.589. The second kappa shape index (κ2) is 10.9. The Balaban J connectivity index is 1.65. The van der Waals surface area contributed by atoms with Crippen LogP contribution in [-0.4, -0.2) is 23.5 Å². The van der Waals surface area contributed by atoms with Gasteiger partial charge in [0.25, 0.3) is 0 Å². The first-order valence-corrected chi connectivity index (χ1v) is 11.5. The molecule has 2 aromatic carbocycles. The number of amides is 1. The van der Waals surface area contributed by atoms with E-state index in [0.717, 1.165) is 23.4 Å². The van der Waals surface area contributed by atoms with E-state index in [1.54, 1.807) is 34.5 Å². The summed E-state index contributed by atoms with van der Waals surface area (Å²) in [6, 6.07) is 14.7. The molecule has 0 unspecified atom stereocenters. The highest BCUT2D eigenvalue weighted by Crippen LogP contribution is 2.32. The SMILES string of the molecule is CCc1ccccc1N(C(C)=O)c1nc(COC(=O)c2ccc(OCC(C)C)cc2)cs1. The van der Waals surface area contributed by atoms with Crippen LogP contribution in [0.3, 0.4) is 0 Å². The summed E-state index contributed by atoms with van der Waals surface area (Å²) in [6.07, 6.45) is 0.803. The van der Waals surface area contributed by atoms with Crippen molar-refractivity contribution >= 4 is 34.0 Å². The van der Waals surface area contributed by atoms with Gasteiger partial charge in [0, 0.05) is 12.3 Å². The summed E-state index contributed by atoms with van der Waals surface area (Å²) in [5, 5.41) is 2.35. The minimum Gasteiger partial charge on any atom is -0.493 e. The van der Waals surface area contributed by atoms with Crippen LogP contribution in [0.4, 0.5) is 10.8 Å². The van der Waals surface area contributed by atoms with Gasteiger partial charge in [0.15, 0.2) is 5.13 Å². The van der Waals surface area contributed by atoms with Crippen LogP contribution in [0.15, 0.2) is 53.9 Å². The number of carbonyl (C=O) groups is 2. The minimum absolute atomic E-state index is 0.0299. The Hall–Kier alpha value is -3.19. The van der Waals surface area contributed by atoms with Crippen molar-refractivity contribution in [3.05, 3.63) is 70.7 Å². The number of hydrogen-bond donors (Lipinski definition) is 0. The van der Waals surface area contributed by atoms with E-state index in [2.05, 4.69) is 18.8 Å². The van der Waals surface area contributed by atoms with Crippen LogP contribution >= 0.6 is 11.3 Å². The molecule has 0 atom stereocenters. The Morgan fingerprint density at radius 2 is 1.81 bits per heavy atom. The number of ether oxygens (including phenoxy) is 2. The zero-order chi connectivity index (χ0) is 23.1. The molecule has 6 nitrogen and oxygen atoms in total. The molecule has 1 heterocycles. The zero-order valence-corrected chi connectivity index (χ0v) is 19.6. The fraction of sp³-hybridized carbons (Fsp3) is 0.320. The number of rotatable bonds is 9. The van der Waals surface area contributed by atoms with E-state index < -0.39 is 5.97 Å². The van der Waals surface area contributed by atoms with Crippen LogP contribution in [0, 0.1) is 5.92 Å². The minimum atomic E-state index is -0.435. The van der Waals surface area contributed by atoms with Gasteiger partial charge >= 0.3 is 5.97 Å². The average Bonchev–Trinajstić information content (AvgIpc) is 3.25. The Bertz CT molecular complexity index is 1060. The Morgan fingerprint density at radius 1 is 1.09 bits per heavy atom. The van der Waals surface area contributed by atoms with Gasteiger partial charge < -0.3 is 9.47 Å². The summed E-state index contributed by atoms with van der Waals surface area (Å²) >= 11 is 1.34. The smallest absolute Gasteiger partial charge is 0.338 e. The van der Waals surface area contributed by atoms with E-state index in [1.807, 2.05) is 31.2 Å². The first-order valence-electron chi connectivity index (χ1n) is 10.6. The van der Waals surface area contributed by atoms with Crippen LogP contribution in [0.25, 0.3) is 0 Å². The molecule has 0 N–H and O–H groups in total. The van der Waals surface area contributed by atoms with Gasteiger partial charge in [-0.3, -0.25) is 9.69 Å². The van der Waals surface area contributed by atoms with Gasteiger partial charge in [-0.1, -0.05) is 39.0 Å². The molecule has 0 aliphatic heterocycles. The fourth-order valence-corrected chi connectivity index (χ4v) is 3.94. The molecular formula is C25H28N2O4S. The maximum Gasteiger partial charge on any atom is 0.338 e. The number of nitrogens with zero attached hydrogens (tertiary/aromatic N) is 2. The van der Waals surface area contributed by atoms with E-state index in [4.69, 9.17) is 9.47 Å². The normalized spacial score (nSPS) is 10.8. The number of anilines is 2. The van der Waals surface area contributed by atoms with Gasteiger partial charge in [-0.25, -0.2) is 9.78 Å². The van der Waals surface area contributed by atoms with Crippen molar-refractivity contribution in [2.75, 3.05) is 11.5 Å². The number of benzene rings is 2. The largest absolute Gasteiger partial charge is 0.493 e. The van der Waals surface area contributed by atoms with Crippen LogP contribution < -0.4 is 9.64 Å². The summed E-state index contributed by atoms with van der Waals surface area (Å²) < 4.78 is 11.1. The number of hydrogen-bond acceptors (Lipinski definition) is 6. The lowest BCUT2D eigenvalue weighted by Crippen LogP contribution is -2.23. The fourth-order valence-electron chi connectivity index (χ4n) is 3.07. The average molecular weight is 453 g/mol. The quantitative estimate of drug-likeness (QED) is 0.385. The van der Waals surface area contributed by atoms with Crippen LogP contribution in [0.1, 0.15) is 49.3 Å². The van der Waals surface area contributed by atoms with E-state index in [1.165, 1.54) is 18.3 Å². The third-order valence-electron chi connectivity index (χ3n) is 4.68. The molecule has 0 aliphatic carbocycles. The Kier molecular flexibility index (Phi) is 8.00. The Labute approximate surface area is 192 Å². The molecule has 0 bridgehead atoms. The molecular weight excluding hydrogens is 424 g/mol. The molecule has 3 rings (SSSR count). The third-order valence-corrected chi connectivity index (χ3v) is 5.56. The van der Waals surface area contributed by atoms with Gasteiger partial charge in [0.05, 0.1) is 23.6 Å². The molecule has 0 saturated heterocycles. The predicted octanol–water partition coefficient (Wildman–Crippen LogP) is 5.78. The van der Waals surface area contributed by atoms with Crippen molar-refractivity contribution in [3.8, 4) is 5.75 Å². The van der Waals surface area contributed by atoms with E-state index >= 15 is 0 Å². The number of aromatic nitrogens is 1. The molecule has 3 aromatic rings. The lowest BCUT2D eigenvalue weighted by molar-refractivity contribution is -0.115. The standard InChI is InChI=1S/C25H28N2O4S/c1-5-19-8-6-7-9-23(19)27(18(4)28)25-26-21(16-32-25)15-31-24(29)20-10-12-22(13-11-20)30-14-17(2)3/h6-13,16-17H,5,14-15H2,1-4H3. The molecule has 0 fully saturated rings. The predicted molar refractivity (Wildman–Crippen MR) is 127 cm³/mol. The molecule has 0 spiro atoms. The first-order chi connectivity index (χ1) is 15.4. The maximum atomic E-state index is 12.4. The molecule has 0 radical (unpaired) electrons. The van der Waals surface area contributed by atoms with E-state index in [0.29, 0.717) is 28.9 Å². The number of carbonyl (C=O) groups excluding carboxylic acids is 2. The third kappa shape index (κ3) is 5.95. The van der Waals surface area contributed by atoms with E-state index in [-0.39, 0.29) is 12.5 Å². The van der Waals surface area contributed by atoms with Gasteiger partial charge in [-0.2, -0.15) is 0 Å². The highest BCUT2D eigenvalue weighted by molar-refractivity contribution is 7.14. The molecule has 0 saturated carbocycles. The van der Waals surface area contributed by atoms with Crippen molar-refractivity contribution < 1.29 is 19.1 Å².